The van der Waals surface area contributed by atoms with Crippen LogP contribution in [0.2, 0.25) is 0 Å². The molecule has 0 heterocycles. The smallest absolute Gasteiger partial charge is 0.262 e. The van der Waals surface area contributed by atoms with Crippen LogP contribution >= 0.6 is 22.6 Å². The van der Waals surface area contributed by atoms with Gasteiger partial charge >= 0.3 is 0 Å². The molecular weight excluding hydrogens is 401 g/mol. The topological polar surface area (TPSA) is 55.4 Å². The molecule has 21 heavy (non-hydrogen) atoms. The first-order valence-electron chi connectivity index (χ1n) is 6.27. The van der Waals surface area contributed by atoms with Gasteiger partial charge in [0, 0.05) is 9.26 Å². The van der Waals surface area contributed by atoms with E-state index >= 15 is 0 Å². The zero-order valence-electron chi connectivity index (χ0n) is 12.0. The zero-order valence-corrected chi connectivity index (χ0v) is 14.9. The Morgan fingerprint density at radius 2 is 1.67 bits per heavy atom. The van der Waals surface area contributed by atoms with Gasteiger partial charge in [-0.3, -0.25) is 4.72 Å². The molecule has 112 valence electrons. The van der Waals surface area contributed by atoms with Crippen molar-refractivity contribution in [2.75, 3.05) is 11.8 Å². The number of hydrogen-bond acceptors (Lipinski definition) is 3. The third-order valence-electron chi connectivity index (χ3n) is 3.08. The summed E-state index contributed by atoms with van der Waals surface area (Å²) in [6, 6.07) is 10.5. The minimum Gasteiger partial charge on any atom is -0.496 e. The van der Waals surface area contributed by atoms with Gasteiger partial charge in [-0.15, -0.1) is 0 Å². The van der Waals surface area contributed by atoms with Gasteiger partial charge in [0.2, 0.25) is 0 Å². The maximum absolute atomic E-state index is 12.5. The lowest BCUT2D eigenvalue weighted by Gasteiger charge is -2.13. The quantitative estimate of drug-likeness (QED) is 0.772. The van der Waals surface area contributed by atoms with Crippen molar-refractivity contribution in [2.45, 2.75) is 18.7 Å². The number of nitrogens with one attached hydrogen (secondary N) is 1. The predicted octanol–water partition coefficient (Wildman–Crippen LogP) is 3.72. The molecule has 6 heteroatoms. The largest absolute Gasteiger partial charge is 0.496 e. The molecule has 0 aliphatic heterocycles. The average molecular weight is 417 g/mol. The number of ether oxygens (including phenoxy) is 1. The highest BCUT2D eigenvalue weighted by molar-refractivity contribution is 14.1. The van der Waals surface area contributed by atoms with E-state index in [4.69, 9.17) is 4.74 Å². The molecular formula is C15H16INO3S. The van der Waals surface area contributed by atoms with Gasteiger partial charge in [-0.2, -0.15) is 0 Å². The van der Waals surface area contributed by atoms with E-state index in [2.05, 4.69) is 27.3 Å². The molecule has 0 aromatic heterocycles. The van der Waals surface area contributed by atoms with Gasteiger partial charge in [0.05, 0.1) is 12.0 Å². The van der Waals surface area contributed by atoms with Crippen LogP contribution < -0.4 is 9.46 Å². The van der Waals surface area contributed by atoms with Crippen molar-refractivity contribution in [1.29, 1.82) is 0 Å². The molecule has 2 aromatic carbocycles. The monoisotopic (exact) mass is 417 g/mol. The van der Waals surface area contributed by atoms with Gasteiger partial charge in [0.1, 0.15) is 5.75 Å². The molecule has 0 bridgehead atoms. The highest BCUT2D eigenvalue weighted by atomic mass is 127. The minimum atomic E-state index is -3.61. The summed E-state index contributed by atoms with van der Waals surface area (Å²) in [6.45, 7) is 3.58. The number of aryl methyl sites for hydroxylation is 2. The Bertz CT molecular complexity index is 755. The molecule has 0 saturated heterocycles. The van der Waals surface area contributed by atoms with E-state index in [0.717, 1.165) is 9.13 Å². The Labute approximate surface area is 138 Å². The first-order chi connectivity index (χ1) is 9.83. The lowest BCUT2D eigenvalue weighted by molar-refractivity contribution is 0.411. The fourth-order valence-corrected chi connectivity index (χ4v) is 3.73. The van der Waals surface area contributed by atoms with E-state index in [0.29, 0.717) is 17.0 Å². The molecule has 0 atom stereocenters. The van der Waals surface area contributed by atoms with Crippen molar-refractivity contribution in [2.24, 2.45) is 0 Å². The van der Waals surface area contributed by atoms with Crippen molar-refractivity contribution < 1.29 is 13.2 Å². The molecule has 4 nitrogen and oxygen atoms in total. The summed E-state index contributed by atoms with van der Waals surface area (Å²) >= 11 is 2.17. The Balaban J connectivity index is 2.40. The van der Waals surface area contributed by atoms with Crippen LogP contribution in [0, 0.1) is 17.4 Å². The van der Waals surface area contributed by atoms with Crippen molar-refractivity contribution in [3.63, 3.8) is 0 Å². The van der Waals surface area contributed by atoms with Crippen molar-refractivity contribution in [3.8, 4) is 5.75 Å². The van der Waals surface area contributed by atoms with Crippen molar-refractivity contribution in [1.82, 2.24) is 0 Å². The predicted molar refractivity (Wildman–Crippen MR) is 92.4 cm³/mol. The zero-order chi connectivity index (χ0) is 15.6. The van der Waals surface area contributed by atoms with Crippen molar-refractivity contribution >= 4 is 38.3 Å². The second kappa shape index (κ2) is 6.23. The molecule has 2 rings (SSSR count). The average Bonchev–Trinajstić information content (AvgIpc) is 2.43. The fourth-order valence-electron chi connectivity index (χ4n) is 2.00. The summed E-state index contributed by atoms with van der Waals surface area (Å²) < 4.78 is 33.9. The molecule has 0 unspecified atom stereocenters. The summed E-state index contributed by atoms with van der Waals surface area (Å²) in [6.07, 6.45) is 0. The van der Waals surface area contributed by atoms with Gasteiger partial charge in [-0.25, -0.2) is 8.42 Å². The van der Waals surface area contributed by atoms with E-state index in [1.807, 2.05) is 19.1 Å². The number of sulfonamides is 1. The Morgan fingerprint density at radius 1 is 1.05 bits per heavy atom. The minimum absolute atomic E-state index is 0.263. The fraction of sp³-hybridized carbons (Fsp3) is 0.200. The van der Waals surface area contributed by atoms with Crippen LogP contribution in [0.4, 0.5) is 5.69 Å². The SMILES string of the molecule is COc1cc(C)c(S(=O)(=O)Nc2ccc(I)cc2)cc1C. The summed E-state index contributed by atoms with van der Waals surface area (Å²) in [5.74, 6) is 0.681. The molecule has 0 aliphatic carbocycles. The molecule has 0 saturated carbocycles. The molecule has 0 radical (unpaired) electrons. The second-order valence-corrected chi connectivity index (χ2v) is 7.60. The van der Waals surface area contributed by atoms with Gasteiger partial charge in [0.25, 0.3) is 10.0 Å². The standard InChI is InChI=1S/C15H16INO3S/c1-10-9-15(11(2)8-14(10)20-3)21(18,19)17-13-6-4-12(16)5-7-13/h4-9,17H,1-3H3. The normalized spacial score (nSPS) is 11.2. The summed E-state index contributed by atoms with van der Waals surface area (Å²) in [5, 5.41) is 0. The van der Waals surface area contributed by atoms with Crippen molar-refractivity contribution in [3.05, 3.63) is 51.1 Å². The maximum atomic E-state index is 12.5. The van der Waals surface area contributed by atoms with E-state index < -0.39 is 10.0 Å². The van der Waals surface area contributed by atoms with Gasteiger partial charge < -0.3 is 4.74 Å². The summed E-state index contributed by atoms with van der Waals surface area (Å²) in [5.41, 5.74) is 1.98. The molecule has 0 spiro atoms. The van der Waals surface area contributed by atoms with E-state index in [-0.39, 0.29) is 4.90 Å². The van der Waals surface area contributed by atoms with Crippen LogP contribution in [0.1, 0.15) is 11.1 Å². The van der Waals surface area contributed by atoms with Crippen LogP contribution in [-0.2, 0) is 10.0 Å². The summed E-state index contributed by atoms with van der Waals surface area (Å²) in [7, 11) is -2.04. The lowest BCUT2D eigenvalue weighted by Crippen LogP contribution is -2.14. The first kappa shape index (κ1) is 16.1. The molecule has 1 N–H and O–H groups in total. The third-order valence-corrected chi connectivity index (χ3v) is 5.32. The lowest BCUT2D eigenvalue weighted by atomic mass is 10.1. The van der Waals surface area contributed by atoms with Crippen LogP contribution in [0.25, 0.3) is 0 Å². The maximum Gasteiger partial charge on any atom is 0.262 e. The molecule has 0 amide bonds. The van der Waals surface area contributed by atoms with Crippen LogP contribution in [0.15, 0.2) is 41.3 Å². The molecule has 0 aliphatic rings. The van der Waals surface area contributed by atoms with Gasteiger partial charge in [-0.1, -0.05) is 0 Å². The number of methoxy groups -OCH3 is 1. The number of halogens is 1. The highest BCUT2D eigenvalue weighted by Crippen LogP contribution is 2.27. The summed E-state index contributed by atoms with van der Waals surface area (Å²) in [4.78, 5) is 0.263. The number of benzene rings is 2. The van der Waals surface area contributed by atoms with Crippen LogP contribution in [0.5, 0.6) is 5.75 Å². The van der Waals surface area contributed by atoms with Gasteiger partial charge in [-0.05, 0) is 84.0 Å². The Morgan fingerprint density at radius 3 is 2.24 bits per heavy atom. The molecule has 0 fully saturated rings. The third kappa shape index (κ3) is 3.68. The number of anilines is 1. The number of hydrogen-bond donors (Lipinski definition) is 1. The molecule has 2 aromatic rings. The Hall–Kier alpha value is -1.28. The van der Waals surface area contributed by atoms with E-state index in [9.17, 15) is 8.42 Å². The highest BCUT2D eigenvalue weighted by Gasteiger charge is 2.18. The second-order valence-electron chi connectivity index (χ2n) is 4.70. The first-order valence-corrected chi connectivity index (χ1v) is 8.83. The van der Waals surface area contributed by atoms with Crippen LogP contribution in [-0.4, -0.2) is 15.5 Å². The number of rotatable bonds is 4. The van der Waals surface area contributed by atoms with E-state index in [1.54, 1.807) is 38.3 Å². The van der Waals surface area contributed by atoms with Gasteiger partial charge in [0.15, 0.2) is 0 Å². The van der Waals surface area contributed by atoms with Crippen LogP contribution in [0.3, 0.4) is 0 Å². The van der Waals surface area contributed by atoms with E-state index in [1.165, 1.54) is 0 Å². The Kier molecular flexibility index (Phi) is 4.77.